The molecule has 2 aliphatic rings. The summed E-state index contributed by atoms with van der Waals surface area (Å²) in [5, 5.41) is 5.14. The van der Waals surface area contributed by atoms with Gasteiger partial charge >= 0.3 is 0 Å². The molecule has 2 fully saturated rings. The Labute approximate surface area is 224 Å². The van der Waals surface area contributed by atoms with Gasteiger partial charge in [-0.15, -0.1) is 0 Å². The first-order valence-corrected chi connectivity index (χ1v) is 13.0. The number of benzene rings is 1. The highest BCUT2D eigenvalue weighted by molar-refractivity contribution is 6.06. The number of nitrogens with zero attached hydrogens (tertiary/aromatic N) is 6. The molecule has 198 valence electrons. The smallest absolute Gasteiger partial charge is 0.245 e. The van der Waals surface area contributed by atoms with Crippen LogP contribution in [0.4, 0.5) is 4.39 Å². The first kappa shape index (κ1) is 25.0. The van der Waals surface area contributed by atoms with Gasteiger partial charge < -0.3 is 4.90 Å². The Kier molecular flexibility index (Phi) is 6.05. The minimum Gasteiger partial charge on any atom is -0.328 e. The van der Waals surface area contributed by atoms with E-state index >= 15 is 0 Å². The molecule has 0 radical (unpaired) electrons. The molecule has 4 heterocycles. The van der Waals surface area contributed by atoms with Gasteiger partial charge in [0.15, 0.2) is 11.6 Å². The van der Waals surface area contributed by atoms with Crippen molar-refractivity contribution in [3.8, 4) is 11.1 Å². The molecular weight excluding hydrogens is 499 g/mol. The van der Waals surface area contributed by atoms with Gasteiger partial charge in [0.05, 0.1) is 23.7 Å². The van der Waals surface area contributed by atoms with Gasteiger partial charge in [0.1, 0.15) is 23.9 Å². The number of likely N-dealkylation sites (tertiary alicyclic amines) is 1. The van der Waals surface area contributed by atoms with Crippen LogP contribution in [0.25, 0.3) is 22.0 Å². The number of carbonyl (C=O) groups is 3. The SMILES string of the molecule is CC(=O)c1nn(CC(=O)N2[C@@H]3C[C@@H]3C[C@H]2C(=O)Cc2ccc(F)c(C)n2)c2ccc(-c3cnc(C)nc3)cc12. The number of fused-ring (bicyclic) bond motifs is 2. The van der Waals surface area contributed by atoms with Crippen molar-refractivity contribution in [3.63, 3.8) is 0 Å². The molecule has 3 aromatic heterocycles. The lowest BCUT2D eigenvalue weighted by molar-refractivity contribution is -0.139. The van der Waals surface area contributed by atoms with Crippen LogP contribution in [0.2, 0.25) is 0 Å². The highest BCUT2D eigenvalue weighted by Gasteiger charge is 2.55. The summed E-state index contributed by atoms with van der Waals surface area (Å²) in [6.07, 6.45) is 4.99. The van der Waals surface area contributed by atoms with E-state index in [0.717, 1.165) is 17.5 Å². The van der Waals surface area contributed by atoms with Gasteiger partial charge in [-0.2, -0.15) is 5.10 Å². The Bertz CT molecular complexity index is 1650. The van der Waals surface area contributed by atoms with Gasteiger partial charge in [-0.3, -0.25) is 24.0 Å². The fourth-order valence-electron chi connectivity index (χ4n) is 5.58. The van der Waals surface area contributed by atoms with Crippen molar-refractivity contribution < 1.29 is 18.8 Å². The Morgan fingerprint density at radius 1 is 1.03 bits per heavy atom. The van der Waals surface area contributed by atoms with Crippen LogP contribution in [0.15, 0.2) is 42.7 Å². The Morgan fingerprint density at radius 2 is 1.79 bits per heavy atom. The summed E-state index contributed by atoms with van der Waals surface area (Å²) in [7, 11) is 0. The predicted molar refractivity (Wildman–Crippen MR) is 140 cm³/mol. The van der Waals surface area contributed by atoms with Crippen LogP contribution in [-0.4, -0.2) is 59.2 Å². The molecule has 0 bridgehead atoms. The first-order valence-electron chi connectivity index (χ1n) is 13.0. The minimum absolute atomic E-state index is 0.0385. The van der Waals surface area contributed by atoms with E-state index in [1.54, 1.807) is 28.9 Å². The van der Waals surface area contributed by atoms with Crippen molar-refractivity contribution in [2.24, 2.45) is 5.92 Å². The van der Waals surface area contributed by atoms with E-state index in [1.807, 2.05) is 25.1 Å². The molecule has 9 nitrogen and oxygen atoms in total. The summed E-state index contributed by atoms with van der Waals surface area (Å²) < 4.78 is 15.2. The van der Waals surface area contributed by atoms with E-state index in [2.05, 4.69) is 20.1 Å². The van der Waals surface area contributed by atoms with Gasteiger partial charge in [0, 0.05) is 42.0 Å². The second-order valence-electron chi connectivity index (χ2n) is 10.4. The zero-order valence-electron chi connectivity index (χ0n) is 21.9. The second kappa shape index (κ2) is 9.44. The maximum absolute atomic E-state index is 13.6. The number of piperidine rings is 1. The third-order valence-corrected chi connectivity index (χ3v) is 7.68. The van der Waals surface area contributed by atoms with E-state index in [1.165, 1.54) is 19.1 Å². The zero-order chi connectivity index (χ0) is 27.4. The molecule has 0 N–H and O–H groups in total. The molecular formula is C29H27FN6O3. The summed E-state index contributed by atoms with van der Waals surface area (Å²) in [5.41, 5.74) is 3.32. The summed E-state index contributed by atoms with van der Waals surface area (Å²) in [5.74, 6) is 0.0391. The number of rotatable bonds is 7. The summed E-state index contributed by atoms with van der Waals surface area (Å²) in [6.45, 7) is 4.73. The molecule has 0 unspecified atom stereocenters. The first-order chi connectivity index (χ1) is 18.7. The fourth-order valence-corrected chi connectivity index (χ4v) is 5.58. The standard InChI is InChI=1S/C29H27FN6O3/c1-15-23(30)6-5-21(33-15)11-27(38)26-10-19-9-25(19)36(26)28(39)14-35-24-7-4-18(20-12-31-17(3)32-13-20)8-22(24)29(34-35)16(2)37/h4-8,12-13,19,25-26H,9-11,14H2,1-3H3/t19-,25-,26+/m1/s1. The average molecular weight is 527 g/mol. The van der Waals surface area contributed by atoms with Gasteiger partial charge in [-0.05, 0) is 62.4 Å². The maximum atomic E-state index is 13.6. The van der Waals surface area contributed by atoms with Crippen molar-refractivity contribution in [1.82, 2.24) is 29.6 Å². The topological polar surface area (TPSA) is 111 Å². The van der Waals surface area contributed by atoms with Crippen molar-refractivity contribution in [3.05, 3.63) is 71.4 Å². The minimum atomic E-state index is -0.546. The predicted octanol–water partition coefficient (Wildman–Crippen LogP) is 3.65. The van der Waals surface area contributed by atoms with Gasteiger partial charge in [0.2, 0.25) is 5.91 Å². The molecule has 3 atom stereocenters. The second-order valence-corrected chi connectivity index (χ2v) is 10.4. The van der Waals surface area contributed by atoms with E-state index in [-0.39, 0.29) is 47.9 Å². The molecule has 39 heavy (non-hydrogen) atoms. The van der Waals surface area contributed by atoms with Crippen molar-refractivity contribution in [2.75, 3.05) is 0 Å². The summed E-state index contributed by atoms with van der Waals surface area (Å²) >= 11 is 0. The van der Waals surface area contributed by atoms with Crippen LogP contribution < -0.4 is 0 Å². The van der Waals surface area contributed by atoms with Crippen molar-refractivity contribution >= 4 is 28.4 Å². The largest absolute Gasteiger partial charge is 0.328 e. The number of carbonyl (C=O) groups excluding carboxylic acids is 3. The molecule has 4 aromatic rings. The number of pyridine rings is 1. The van der Waals surface area contributed by atoms with Gasteiger partial charge in [-0.25, -0.2) is 14.4 Å². The lowest BCUT2D eigenvalue weighted by atomic mass is 10.0. The van der Waals surface area contributed by atoms with E-state index in [0.29, 0.717) is 34.8 Å². The lowest BCUT2D eigenvalue weighted by Gasteiger charge is -2.27. The van der Waals surface area contributed by atoms with E-state index in [9.17, 15) is 18.8 Å². The molecule has 0 spiro atoms. The molecule has 6 rings (SSSR count). The van der Waals surface area contributed by atoms with Crippen LogP contribution in [0.3, 0.4) is 0 Å². The van der Waals surface area contributed by atoms with Crippen LogP contribution >= 0.6 is 0 Å². The number of halogens is 1. The maximum Gasteiger partial charge on any atom is 0.245 e. The number of aryl methyl sites for hydroxylation is 2. The third-order valence-electron chi connectivity index (χ3n) is 7.68. The number of amides is 1. The van der Waals surface area contributed by atoms with Crippen LogP contribution in [-0.2, 0) is 22.6 Å². The molecule has 1 saturated heterocycles. The Hall–Kier alpha value is -4.34. The third kappa shape index (κ3) is 4.60. The Morgan fingerprint density at radius 3 is 2.51 bits per heavy atom. The van der Waals surface area contributed by atoms with Crippen molar-refractivity contribution in [1.29, 1.82) is 0 Å². The number of Topliss-reactive ketones (excluding diaryl/α,β-unsaturated/α-hetero) is 2. The average Bonchev–Trinajstić information content (AvgIpc) is 3.41. The number of hydrogen-bond donors (Lipinski definition) is 0. The van der Waals surface area contributed by atoms with Gasteiger partial charge in [0.25, 0.3) is 0 Å². The number of hydrogen-bond acceptors (Lipinski definition) is 7. The van der Waals surface area contributed by atoms with Crippen molar-refractivity contribution in [2.45, 2.75) is 58.7 Å². The highest BCUT2D eigenvalue weighted by atomic mass is 19.1. The Balaban J connectivity index is 1.26. The monoisotopic (exact) mass is 526 g/mol. The molecule has 1 aromatic carbocycles. The lowest BCUT2D eigenvalue weighted by Crippen LogP contribution is -2.45. The normalized spacial score (nSPS) is 19.8. The number of ketones is 2. The molecule has 1 aliphatic heterocycles. The van der Waals surface area contributed by atoms with Crippen LogP contribution in [0, 0.1) is 25.6 Å². The molecule has 1 aliphatic carbocycles. The van der Waals surface area contributed by atoms with E-state index in [4.69, 9.17) is 0 Å². The fraction of sp³-hybridized carbons (Fsp3) is 0.345. The van der Waals surface area contributed by atoms with Crippen LogP contribution in [0.1, 0.15) is 47.5 Å². The quantitative estimate of drug-likeness (QED) is 0.338. The van der Waals surface area contributed by atoms with Crippen LogP contribution in [0.5, 0.6) is 0 Å². The summed E-state index contributed by atoms with van der Waals surface area (Å²) in [4.78, 5) is 53.7. The van der Waals surface area contributed by atoms with Gasteiger partial charge in [-0.1, -0.05) is 6.07 Å². The molecule has 1 saturated carbocycles. The summed E-state index contributed by atoms with van der Waals surface area (Å²) in [6, 6.07) is 7.91. The molecule has 10 heteroatoms. The van der Waals surface area contributed by atoms with E-state index < -0.39 is 11.9 Å². The highest BCUT2D eigenvalue weighted by Crippen LogP contribution is 2.48. The molecule has 1 amide bonds. The number of aromatic nitrogens is 5. The zero-order valence-corrected chi connectivity index (χ0v) is 21.9.